The zero-order chi connectivity index (χ0) is 22.5. The molecule has 4 heterocycles. The molecule has 1 amide bonds. The molecule has 172 valence electrons. The van der Waals surface area contributed by atoms with Gasteiger partial charge in [0.25, 0.3) is 0 Å². The Balaban J connectivity index is 1.03. The summed E-state index contributed by atoms with van der Waals surface area (Å²) < 4.78 is 5.51. The molecule has 0 radical (unpaired) electrons. The van der Waals surface area contributed by atoms with E-state index in [0.717, 1.165) is 57.7 Å². The first-order chi connectivity index (χ1) is 16.2. The van der Waals surface area contributed by atoms with Gasteiger partial charge < -0.3 is 14.7 Å². The van der Waals surface area contributed by atoms with Gasteiger partial charge in [-0.15, -0.1) is 0 Å². The average Bonchev–Trinajstić information content (AvgIpc) is 3.55. The number of amides is 1. The molecule has 2 aliphatic heterocycles. The standard InChI is InChI=1S/C25H30N6O2/c32-23(27-16-19-9-15-31(17-19)21-6-2-1-3-7-21)18-30-13-10-20(11-14-30)25-28-24(29-33-25)22-8-4-5-12-26-22/h1-8,12,19-20H,9-11,13-18H2,(H,27,32). The molecule has 8 heteroatoms. The molecule has 2 fully saturated rings. The van der Waals surface area contributed by atoms with Gasteiger partial charge >= 0.3 is 0 Å². The molecule has 33 heavy (non-hydrogen) atoms. The van der Waals surface area contributed by atoms with E-state index in [1.807, 2.05) is 24.3 Å². The molecule has 0 saturated carbocycles. The van der Waals surface area contributed by atoms with Crippen LogP contribution >= 0.6 is 0 Å². The highest BCUT2D eigenvalue weighted by atomic mass is 16.5. The van der Waals surface area contributed by atoms with Crippen molar-refractivity contribution in [2.24, 2.45) is 5.92 Å². The van der Waals surface area contributed by atoms with Crippen molar-refractivity contribution in [2.75, 3.05) is 44.2 Å². The lowest BCUT2D eigenvalue weighted by molar-refractivity contribution is -0.122. The fourth-order valence-electron chi connectivity index (χ4n) is 4.73. The van der Waals surface area contributed by atoms with Crippen LogP contribution < -0.4 is 10.2 Å². The third kappa shape index (κ3) is 5.39. The Bertz CT molecular complexity index is 1030. The van der Waals surface area contributed by atoms with Crippen molar-refractivity contribution in [1.29, 1.82) is 0 Å². The average molecular weight is 447 g/mol. The first-order valence-electron chi connectivity index (χ1n) is 11.8. The third-order valence-corrected chi connectivity index (χ3v) is 6.63. The normalized spacial score (nSPS) is 19.6. The number of benzene rings is 1. The maximum absolute atomic E-state index is 12.5. The number of para-hydroxylation sites is 1. The first kappa shape index (κ1) is 21.6. The number of hydrogen-bond donors (Lipinski definition) is 1. The minimum atomic E-state index is 0.113. The number of carbonyl (C=O) groups is 1. The fraction of sp³-hybridized carbons (Fsp3) is 0.440. The Hall–Kier alpha value is -3.26. The predicted octanol–water partition coefficient (Wildman–Crippen LogP) is 2.95. The highest BCUT2D eigenvalue weighted by Gasteiger charge is 2.27. The number of piperidine rings is 1. The summed E-state index contributed by atoms with van der Waals surface area (Å²) in [6.07, 6.45) is 4.66. The van der Waals surface area contributed by atoms with Crippen LogP contribution in [-0.4, -0.2) is 65.2 Å². The van der Waals surface area contributed by atoms with E-state index in [-0.39, 0.29) is 11.8 Å². The summed E-state index contributed by atoms with van der Waals surface area (Å²) in [7, 11) is 0. The van der Waals surface area contributed by atoms with E-state index in [1.165, 1.54) is 5.69 Å². The van der Waals surface area contributed by atoms with E-state index in [2.05, 4.69) is 54.5 Å². The lowest BCUT2D eigenvalue weighted by Crippen LogP contribution is -2.42. The van der Waals surface area contributed by atoms with Gasteiger partial charge in [0.15, 0.2) is 0 Å². The minimum Gasteiger partial charge on any atom is -0.371 e. The van der Waals surface area contributed by atoms with Gasteiger partial charge in [0.2, 0.25) is 17.6 Å². The van der Waals surface area contributed by atoms with E-state index in [0.29, 0.717) is 24.2 Å². The first-order valence-corrected chi connectivity index (χ1v) is 11.8. The molecule has 0 aliphatic carbocycles. The van der Waals surface area contributed by atoms with Crippen molar-refractivity contribution in [3.8, 4) is 11.5 Å². The number of hydrogen-bond acceptors (Lipinski definition) is 7. The maximum atomic E-state index is 12.5. The second-order valence-corrected chi connectivity index (χ2v) is 8.96. The summed E-state index contributed by atoms with van der Waals surface area (Å²) in [6.45, 7) is 4.95. The molecule has 5 rings (SSSR count). The van der Waals surface area contributed by atoms with Crippen molar-refractivity contribution in [3.63, 3.8) is 0 Å². The molecule has 0 spiro atoms. The number of likely N-dealkylation sites (tertiary alicyclic amines) is 1. The van der Waals surface area contributed by atoms with Crippen molar-refractivity contribution < 1.29 is 9.32 Å². The van der Waals surface area contributed by atoms with Crippen LogP contribution in [0.5, 0.6) is 0 Å². The topological polar surface area (TPSA) is 87.4 Å². The van der Waals surface area contributed by atoms with Crippen LogP contribution in [0.1, 0.15) is 31.1 Å². The lowest BCUT2D eigenvalue weighted by atomic mass is 9.97. The van der Waals surface area contributed by atoms with Gasteiger partial charge in [0, 0.05) is 37.4 Å². The Morgan fingerprint density at radius 3 is 2.64 bits per heavy atom. The zero-order valence-electron chi connectivity index (χ0n) is 18.8. The van der Waals surface area contributed by atoms with Gasteiger partial charge in [-0.3, -0.25) is 14.7 Å². The van der Waals surface area contributed by atoms with Crippen molar-refractivity contribution in [2.45, 2.75) is 25.2 Å². The van der Waals surface area contributed by atoms with E-state index in [1.54, 1.807) is 6.20 Å². The summed E-state index contributed by atoms with van der Waals surface area (Å²) in [6, 6.07) is 16.1. The molecule has 1 atom stereocenters. The lowest BCUT2D eigenvalue weighted by Gasteiger charge is -2.29. The van der Waals surface area contributed by atoms with Crippen LogP contribution in [0, 0.1) is 5.92 Å². The number of nitrogens with one attached hydrogen (secondary N) is 1. The minimum absolute atomic E-state index is 0.113. The number of aromatic nitrogens is 3. The van der Waals surface area contributed by atoms with Gasteiger partial charge in [-0.05, 0) is 62.5 Å². The van der Waals surface area contributed by atoms with Gasteiger partial charge in [-0.1, -0.05) is 29.4 Å². The SMILES string of the molecule is O=C(CN1CCC(c2nc(-c3ccccn3)no2)CC1)NCC1CCN(c2ccccc2)C1. The fourth-order valence-corrected chi connectivity index (χ4v) is 4.73. The molecule has 2 aromatic heterocycles. The van der Waals surface area contributed by atoms with Gasteiger partial charge in [-0.25, -0.2) is 0 Å². The highest BCUT2D eigenvalue weighted by Crippen LogP contribution is 2.28. The third-order valence-electron chi connectivity index (χ3n) is 6.63. The number of anilines is 1. The van der Waals surface area contributed by atoms with Crippen LogP contribution in [0.2, 0.25) is 0 Å². The quantitative estimate of drug-likeness (QED) is 0.597. The molecule has 1 aromatic carbocycles. The van der Waals surface area contributed by atoms with Crippen molar-refractivity contribution >= 4 is 11.6 Å². The molecular formula is C25H30N6O2. The molecular weight excluding hydrogens is 416 g/mol. The monoisotopic (exact) mass is 446 g/mol. The number of carbonyl (C=O) groups excluding carboxylic acids is 1. The van der Waals surface area contributed by atoms with Crippen LogP contribution in [0.15, 0.2) is 59.3 Å². The van der Waals surface area contributed by atoms with E-state index in [9.17, 15) is 4.79 Å². The smallest absolute Gasteiger partial charge is 0.234 e. The Morgan fingerprint density at radius 1 is 1.03 bits per heavy atom. The van der Waals surface area contributed by atoms with Gasteiger partial charge in [0.05, 0.1) is 6.54 Å². The Labute approximate surface area is 194 Å². The van der Waals surface area contributed by atoms with E-state index < -0.39 is 0 Å². The summed E-state index contributed by atoms with van der Waals surface area (Å²) in [5.74, 6) is 2.05. The Morgan fingerprint density at radius 2 is 1.85 bits per heavy atom. The van der Waals surface area contributed by atoms with Crippen molar-refractivity contribution in [3.05, 3.63) is 60.6 Å². The maximum Gasteiger partial charge on any atom is 0.234 e. The molecule has 1 N–H and O–H groups in total. The highest BCUT2D eigenvalue weighted by molar-refractivity contribution is 5.78. The predicted molar refractivity (Wildman–Crippen MR) is 126 cm³/mol. The molecule has 8 nitrogen and oxygen atoms in total. The largest absolute Gasteiger partial charge is 0.371 e. The summed E-state index contributed by atoms with van der Waals surface area (Å²) >= 11 is 0. The van der Waals surface area contributed by atoms with Crippen LogP contribution in [0.4, 0.5) is 5.69 Å². The molecule has 0 bridgehead atoms. The summed E-state index contributed by atoms with van der Waals surface area (Å²) in [4.78, 5) is 26.0. The molecule has 2 saturated heterocycles. The second-order valence-electron chi connectivity index (χ2n) is 8.96. The second kappa shape index (κ2) is 10.1. The number of rotatable bonds is 7. The van der Waals surface area contributed by atoms with Gasteiger partial charge in [0.1, 0.15) is 5.69 Å². The van der Waals surface area contributed by atoms with E-state index in [4.69, 9.17) is 4.52 Å². The Kier molecular flexibility index (Phi) is 6.62. The summed E-state index contributed by atoms with van der Waals surface area (Å²) in [5.41, 5.74) is 1.98. The number of pyridine rings is 1. The molecule has 1 unspecified atom stereocenters. The summed E-state index contributed by atoms with van der Waals surface area (Å²) in [5, 5.41) is 7.24. The van der Waals surface area contributed by atoms with Crippen LogP contribution in [0.25, 0.3) is 11.5 Å². The van der Waals surface area contributed by atoms with Gasteiger partial charge in [-0.2, -0.15) is 4.98 Å². The van der Waals surface area contributed by atoms with Crippen molar-refractivity contribution in [1.82, 2.24) is 25.3 Å². The molecule has 3 aromatic rings. The van der Waals surface area contributed by atoms with E-state index >= 15 is 0 Å². The molecule has 2 aliphatic rings. The number of nitrogens with zero attached hydrogens (tertiary/aromatic N) is 5. The van der Waals surface area contributed by atoms with Crippen LogP contribution in [0.3, 0.4) is 0 Å². The van der Waals surface area contributed by atoms with Crippen LogP contribution in [-0.2, 0) is 4.79 Å². The zero-order valence-corrected chi connectivity index (χ0v) is 18.8.